The molecule has 0 radical (unpaired) electrons. The van der Waals surface area contributed by atoms with Gasteiger partial charge in [-0.25, -0.2) is 4.39 Å². The first-order valence-electron chi connectivity index (χ1n) is 4.35. The molecular weight excluding hydrogens is 223 g/mol. The van der Waals surface area contributed by atoms with Gasteiger partial charge in [0.25, 0.3) is 5.69 Å². The topological polar surface area (TPSA) is 55.2 Å². The van der Waals surface area contributed by atoms with Crippen LogP contribution in [-0.2, 0) is 0 Å². The molecule has 1 aromatic carbocycles. The summed E-state index contributed by atoms with van der Waals surface area (Å²) in [5.41, 5.74) is 0.435. The lowest BCUT2D eigenvalue weighted by Gasteiger charge is -2.27. The highest BCUT2D eigenvalue weighted by Gasteiger charge is 2.26. The second-order valence-corrected chi connectivity index (χ2v) is 3.26. The van der Waals surface area contributed by atoms with Crippen molar-refractivity contribution in [3.8, 4) is 0 Å². The highest BCUT2D eigenvalue weighted by atomic mass is 35.5. The van der Waals surface area contributed by atoms with Gasteiger partial charge in [0.1, 0.15) is 5.82 Å². The number of hydrogen-bond acceptors (Lipinski definition) is 3. The van der Waals surface area contributed by atoms with Gasteiger partial charge in [0, 0.05) is 17.7 Å². The lowest BCUT2D eigenvalue weighted by Crippen LogP contribution is -2.35. The molecule has 4 nitrogen and oxygen atoms in total. The average Bonchev–Trinajstić information content (AvgIpc) is 2.00. The van der Waals surface area contributed by atoms with Gasteiger partial charge < -0.3 is 5.32 Å². The first-order chi connectivity index (χ1) is 6.68. The van der Waals surface area contributed by atoms with Crippen LogP contribution >= 0.6 is 12.4 Å². The molecule has 1 aromatic rings. The number of nitro groups is 1. The van der Waals surface area contributed by atoms with Gasteiger partial charge in [0.2, 0.25) is 0 Å². The summed E-state index contributed by atoms with van der Waals surface area (Å²) >= 11 is 0. The highest BCUT2D eigenvalue weighted by molar-refractivity contribution is 5.85. The Morgan fingerprint density at radius 2 is 2.20 bits per heavy atom. The zero-order valence-electron chi connectivity index (χ0n) is 7.77. The molecule has 1 fully saturated rings. The quantitative estimate of drug-likeness (QED) is 0.628. The third-order valence-corrected chi connectivity index (χ3v) is 2.39. The van der Waals surface area contributed by atoms with E-state index in [1.807, 2.05) is 0 Å². The summed E-state index contributed by atoms with van der Waals surface area (Å²) in [6, 6.07) is 3.49. The smallest absolute Gasteiger partial charge is 0.274 e. The Kier molecular flexibility index (Phi) is 3.60. The van der Waals surface area contributed by atoms with Gasteiger partial charge >= 0.3 is 0 Å². The summed E-state index contributed by atoms with van der Waals surface area (Å²) in [6.07, 6.45) is 0.824. The van der Waals surface area contributed by atoms with E-state index in [9.17, 15) is 14.5 Å². The third-order valence-electron chi connectivity index (χ3n) is 2.39. The zero-order chi connectivity index (χ0) is 10.1. The summed E-state index contributed by atoms with van der Waals surface area (Å²) < 4.78 is 12.9. The van der Waals surface area contributed by atoms with E-state index in [-0.39, 0.29) is 24.1 Å². The van der Waals surface area contributed by atoms with E-state index >= 15 is 0 Å². The van der Waals surface area contributed by atoms with Crippen molar-refractivity contribution in [2.24, 2.45) is 0 Å². The Labute approximate surface area is 92.0 Å². The van der Waals surface area contributed by atoms with Crippen molar-refractivity contribution in [2.45, 2.75) is 12.5 Å². The van der Waals surface area contributed by atoms with Gasteiger partial charge in [-0.15, -0.1) is 12.4 Å². The predicted molar refractivity (Wildman–Crippen MR) is 55.7 cm³/mol. The lowest BCUT2D eigenvalue weighted by atomic mass is 9.96. The van der Waals surface area contributed by atoms with Crippen LogP contribution in [-0.4, -0.2) is 11.5 Å². The summed E-state index contributed by atoms with van der Waals surface area (Å²) in [5, 5.41) is 13.6. The number of nitro benzene ring substituents is 1. The first kappa shape index (κ1) is 11.9. The highest BCUT2D eigenvalue weighted by Crippen LogP contribution is 2.31. The average molecular weight is 233 g/mol. The Hall–Kier alpha value is -1.20. The zero-order valence-corrected chi connectivity index (χ0v) is 8.59. The normalized spacial score (nSPS) is 18.9. The Morgan fingerprint density at radius 3 is 2.67 bits per heavy atom. The molecule has 0 spiro atoms. The van der Waals surface area contributed by atoms with Crippen LogP contribution in [0.1, 0.15) is 18.0 Å². The second kappa shape index (κ2) is 4.55. The minimum Gasteiger partial charge on any atom is -0.310 e. The van der Waals surface area contributed by atoms with Crippen LogP contribution in [0.4, 0.5) is 10.1 Å². The molecule has 1 atom stereocenters. The molecule has 1 aliphatic rings. The van der Waals surface area contributed by atoms with Crippen LogP contribution in [0, 0.1) is 15.9 Å². The molecule has 0 saturated carbocycles. The maximum atomic E-state index is 12.9. The fourth-order valence-electron chi connectivity index (χ4n) is 1.52. The van der Waals surface area contributed by atoms with Crippen molar-refractivity contribution in [1.82, 2.24) is 5.32 Å². The van der Waals surface area contributed by atoms with Crippen LogP contribution < -0.4 is 5.32 Å². The van der Waals surface area contributed by atoms with E-state index in [4.69, 9.17) is 0 Å². The number of rotatable bonds is 2. The van der Waals surface area contributed by atoms with E-state index in [0.29, 0.717) is 5.56 Å². The molecule has 0 aliphatic carbocycles. The van der Waals surface area contributed by atoms with Crippen molar-refractivity contribution < 1.29 is 9.31 Å². The standard InChI is InChI=1S/C9H9FN2O2.ClH/c10-6-1-2-9(12(13)14)7(5-6)8-3-4-11-8;/h1-2,5,8,11H,3-4H2;1H/t8-;/m0./s1. The van der Waals surface area contributed by atoms with Crippen LogP contribution in [0.15, 0.2) is 18.2 Å². The Balaban J connectivity index is 0.00000112. The van der Waals surface area contributed by atoms with Crippen molar-refractivity contribution in [3.63, 3.8) is 0 Å². The van der Waals surface area contributed by atoms with E-state index in [1.165, 1.54) is 12.1 Å². The van der Waals surface area contributed by atoms with Gasteiger partial charge in [-0.2, -0.15) is 0 Å². The molecule has 0 bridgehead atoms. The maximum Gasteiger partial charge on any atom is 0.274 e. The molecule has 1 N–H and O–H groups in total. The summed E-state index contributed by atoms with van der Waals surface area (Å²) in [5.74, 6) is -0.431. The number of hydrogen-bond donors (Lipinski definition) is 1. The molecule has 0 amide bonds. The predicted octanol–water partition coefficient (Wildman–Crippen LogP) is 2.19. The van der Waals surface area contributed by atoms with Crippen LogP contribution in [0.2, 0.25) is 0 Å². The van der Waals surface area contributed by atoms with Crippen molar-refractivity contribution in [2.75, 3.05) is 6.54 Å². The maximum absolute atomic E-state index is 12.9. The van der Waals surface area contributed by atoms with Crippen molar-refractivity contribution in [3.05, 3.63) is 39.7 Å². The molecule has 1 aliphatic heterocycles. The van der Waals surface area contributed by atoms with Crippen LogP contribution in [0.25, 0.3) is 0 Å². The lowest BCUT2D eigenvalue weighted by molar-refractivity contribution is -0.386. The molecule has 0 unspecified atom stereocenters. The largest absolute Gasteiger partial charge is 0.310 e. The Bertz CT molecular complexity index is 382. The SMILES string of the molecule is Cl.O=[N+]([O-])c1ccc(F)cc1[C@@H]1CCN1. The molecule has 6 heteroatoms. The first-order valence-corrected chi connectivity index (χ1v) is 4.35. The molecule has 0 aromatic heterocycles. The molecular formula is C9H10ClFN2O2. The van der Waals surface area contributed by atoms with E-state index < -0.39 is 10.7 Å². The van der Waals surface area contributed by atoms with Gasteiger partial charge in [0.15, 0.2) is 0 Å². The van der Waals surface area contributed by atoms with Gasteiger partial charge in [-0.3, -0.25) is 10.1 Å². The number of nitrogens with zero attached hydrogens (tertiary/aromatic N) is 1. The molecule has 15 heavy (non-hydrogen) atoms. The minimum atomic E-state index is -0.477. The van der Waals surface area contributed by atoms with E-state index in [1.54, 1.807) is 0 Å². The summed E-state index contributed by atoms with van der Waals surface area (Å²) in [4.78, 5) is 10.2. The van der Waals surface area contributed by atoms with E-state index in [2.05, 4.69) is 5.32 Å². The number of benzene rings is 1. The second-order valence-electron chi connectivity index (χ2n) is 3.26. The third kappa shape index (κ3) is 2.24. The molecule has 82 valence electrons. The Morgan fingerprint density at radius 1 is 1.53 bits per heavy atom. The van der Waals surface area contributed by atoms with Gasteiger partial charge in [-0.05, 0) is 25.1 Å². The molecule has 1 heterocycles. The van der Waals surface area contributed by atoms with Gasteiger partial charge in [0.05, 0.1) is 4.92 Å². The van der Waals surface area contributed by atoms with Crippen LogP contribution in [0.3, 0.4) is 0 Å². The molecule has 2 rings (SSSR count). The fraction of sp³-hybridized carbons (Fsp3) is 0.333. The van der Waals surface area contributed by atoms with Gasteiger partial charge in [-0.1, -0.05) is 0 Å². The number of nitrogens with one attached hydrogen (secondary N) is 1. The van der Waals surface area contributed by atoms with Crippen molar-refractivity contribution >= 4 is 18.1 Å². The molecule has 1 saturated heterocycles. The number of halogens is 2. The minimum absolute atomic E-state index is 0. The monoisotopic (exact) mass is 232 g/mol. The summed E-state index contributed by atoms with van der Waals surface area (Å²) in [6.45, 7) is 0.832. The summed E-state index contributed by atoms with van der Waals surface area (Å²) in [7, 11) is 0. The van der Waals surface area contributed by atoms with Crippen LogP contribution in [0.5, 0.6) is 0 Å². The van der Waals surface area contributed by atoms with E-state index in [0.717, 1.165) is 19.0 Å². The van der Waals surface area contributed by atoms with Crippen molar-refractivity contribution in [1.29, 1.82) is 0 Å². The fourth-order valence-corrected chi connectivity index (χ4v) is 1.52.